The van der Waals surface area contributed by atoms with Crippen molar-refractivity contribution in [1.29, 1.82) is 0 Å². The summed E-state index contributed by atoms with van der Waals surface area (Å²) in [4.78, 5) is 29.5. The van der Waals surface area contributed by atoms with Crippen LogP contribution in [0, 0.1) is 10.1 Å². The third-order valence-electron chi connectivity index (χ3n) is 3.91. The van der Waals surface area contributed by atoms with E-state index in [1.54, 1.807) is 17.0 Å². The molecule has 0 aromatic heterocycles. The number of amides is 1. The number of benzene rings is 2. The highest BCUT2D eigenvalue weighted by molar-refractivity contribution is 6.17. The first-order chi connectivity index (χ1) is 11.5. The van der Waals surface area contributed by atoms with E-state index in [9.17, 15) is 14.9 Å². The summed E-state index contributed by atoms with van der Waals surface area (Å²) in [5.41, 5.74) is 2.86. The summed E-state index contributed by atoms with van der Waals surface area (Å²) in [6.45, 7) is 3.93. The van der Waals surface area contributed by atoms with Crippen LogP contribution in [0.3, 0.4) is 0 Å². The zero-order valence-electron chi connectivity index (χ0n) is 13.5. The molecule has 6 nitrogen and oxygen atoms in total. The van der Waals surface area contributed by atoms with E-state index in [0.717, 1.165) is 11.4 Å². The minimum Gasteiger partial charge on any atom is -0.307 e. The van der Waals surface area contributed by atoms with E-state index in [4.69, 9.17) is 0 Å². The molecule has 0 saturated carbocycles. The van der Waals surface area contributed by atoms with Crippen LogP contribution in [-0.2, 0) is 4.79 Å². The Kier molecular flexibility index (Phi) is 4.12. The van der Waals surface area contributed by atoms with E-state index < -0.39 is 4.92 Å². The van der Waals surface area contributed by atoms with E-state index in [1.165, 1.54) is 12.1 Å². The van der Waals surface area contributed by atoms with Crippen LogP contribution in [0.1, 0.15) is 25.8 Å². The fourth-order valence-electron chi connectivity index (χ4n) is 2.82. The summed E-state index contributed by atoms with van der Waals surface area (Å²) in [5.74, 6) is -0.0351. The quantitative estimate of drug-likeness (QED) is 0.635. The van der Waals surface area contributed by atoms with Gasteiger partial charge in [0.15, 0.2) is 0 Å². The highest BCUT2D eigenvalue weighted by Gasteiger charge is 2.26. The van der Waals surface area contributed by atoms with Gasteiger partial charge in [0.2, 0.25) is 5.91 Å². The maximum Gasteiger partial charge on any atom is 0.269 e. The van der Waals surface area contributed by atoms with Gasteiger partial charge in [0.25, 0.3) is 5.69 Å². The van der Waals surface area contributed by atoms with Crippen molar-refractivity contribution >= 4 is 28.7 Å². The molecule has 1 heterocycles. The average Bonchev–Trinajstić information content (AvgIpc) is 2.70. The van der Waals surface area contributed by atoms with Crippen LogP contribution in [0.25, 0.3) is 0 Å². The molecule has 1 aliphatic heterocycles. The van der Waals surface area contributed by atoms with Crippen LogP contribution in [-0.4, -0.2) is 22.6 Å². The Bertz CT molecular complexity index is 826. The number of nitrogens with zero attached hydrogens (tertiary/aromatic N) is 3. The Morgan fingerprint density at radius 3 is 2.42 bits per heavy atom. The third-order valence-corrected chi connectivity index (χ3v) is 3.91. The number of nitro groups is 1. The van der Waals surface area contributed by atoms with E-state index >= 15 is 0 Å². The second-order valence-electron chi connectivity index (χ2n) is 5.89. The summed E-state index contributed by atoms with van der Waals surface area (Å²) in [7, 11) is 0. The van der Waals surface area contributed by atoms with Crippen LogP contribution in [0.5, 0.6) is 0 Å². The first-order valence-electron chi connectivity index (χ1n) is 7.71. The normalized spacial score (nSPS) is 14.2. The molecule has 0 bridgehead atoms. The van der Waals surface area contributed by atoms with E-state index in [-0.39, 0.29) is 24.1 Å². The van der Waals surface area contributed by atoms with Crippen molar-refractivity contribution in [3.05, 3.63) is 64.2 Å². The Morgan fingerprint density at radius 2 is 1.79 bits per heavy atom. The molecule has 6 heteroatoms. The van der Waals surface area contributed by atoms with E-state index in [1.807, 2.05) is 38.1 Å². The summed E-state index contributed by atoms with van der Waals surface area (Å²) >= 11 is 0. The van der Waals surface area contributed by atoms with Crippen molar-refractivity contribution in [1.82, 2.24) is 0 Å². The number of hydrogen-bond donors (Lipinski definition) is 0. The molecule has 0 fully saturated rings. The number of carbonyl (C=O) groups excluding carboxylic acids is 1. The SMILES string of the molecule is CC(C)N1C(=O)CC(c2ccc([N+](=O)[O-])cc2)=Nc2ccccc21. The Morgan fingerprint density at radius 1 is 1.12 bits per heavy atom. The van der Waals surface area contributed by atoms with Crippen molar-refractivity contribution in [2.45, 2.75) is 26.3 Å². The van der Waals surface area contributed by atoms with Gasteiger partial charge in [0.1, 0.15) is 0 Å². The van der Waals surface area contributed by atoms with Gasteiger partial charge in [-0.3, -0.25) is 19.9 Å². The first kappa shape index (κ1) is 15.9. The number of aliphatic imine (C=N–C) groups is 1. The molecule has 122 valence electrons. The third kappa shape index (κ3) is 2.90. The standard InChI is InChI=1S/C18H17N3O3/c1-12(2)20-17-6-4-3-5-15(17)19-16(11-18(20)22)13-7-9-14(10-8-13)21(23)24/h3-10,12H,11H2,1-2H3. The van der Waals surface area contributed by atoms with Gasteiger partial charge in [-0.05, 0) is 43.7 Å². The molecular weight excluding hydrogens is 306 g/mol. The van der Waals surface area contributed by atoms with Gasteiger partial charge in [-0.1, -0.05) is 12.1 Å². The number of non-ortho nitro benzene ring substituents is 1. The van der Waals surface area contributed by atoms with Crippen LogP contribution in [0.2, 0.25) is 0 Å². The molecule has 0 atom stereocenters. The highest BCUT2D eigenvalue weighted by atomic mass is 16.6. The fraction of sp³-hybridized carbons (Fsp3) is 0.222. The van der Waals surface area contributed by atoms with Crippen LogP contribution >= 0.6 is 0 Å². The van der Waals surface area contributed by atoms with E-state index in [2.05, 4.69) is 4.99 Å². The molecule has 1 amide bonds. The van der Waals surface area contributed by atoms with E-state index in [0.29, 0.717) is 11.3 Å². The summed E-state index contributed by atoms with van der Waals surface area (Å²) in [6.07, 6.45) is 0.157. The number of rotatable bonds is 3. The molecule has 0 spiro atoms. The molecule has 0 N–H and O–H groups in total. The molecule has 0 saturated heterocycles. The van der Waals surface area contributed by atoms with Gasteiger partial charge < -0.3 is 4.90 Å². The Hall–Kier alpha value is -3.02. The second-order valence-corrected chi connectivity index (χ2v) is 5.89. The lowest BCUT2D eigenvalue weighted by molar-refractivity contribution is -0.384. The van der Waals surface area contributed by atoms with Gasteiger partial charge in [0, 0.05) is 18.2 Å². The maximum absolute atomic E-state index is 12.7. The van der Waals surface area contributed by atoms with Gasteiger partial charge >= 0.3 is 0 Å². The molecule has 24 heavy (non-hydrogen) atoms. The number of fused-ring (bicyclic) bond motifs is 1. The van der Waals surface area contributed by atoms with Gasteiger partial charge in [-0.2, -0.15) is 0 Å². The maximum atomic E-state index is 12.7. The van der Waals surface area contributed by atoms with Gasteiger partial charge in [0.05, 0.1) is 28.4 Å². The summed E-state index contributed by atoms with van der Waals surface area (Å²) < 4.78 is 0. The minimum atomic E-state index is -0.445. The minimum absolute atomic E-state index is 0.0171. The van der Waals surface area contributed by atoms with Crippen molar-refractivity contribution in [3.63, 3.8) is 0 Å². The number of carbonyl (C=O) groups is 1. The van der Waals surface area contributed by atoms with Crippen molar-refractivity contribution < 1.29 is 9.72 Å². The summed E-state index contributed by atoms with van der Waals surface area (Å²) in [5, 5.41) is 10.8. The fourth-order valence-corrected chi connectivity index (χ4v) is 2.82. The topological polar surface area (TPSA) is 75.8 Å². The van der Waals surface area contributed by atoms with Crippen LogP contribution < -0.4 is 4.90 Å². The monoisotopic (exact) mass is 323 g/mol. The lowest BCUT2D eigenvalue weighted by Crippen LogP contribution is -2.37. The molecule has 0 aliphatic carbocycles. The second kappa shape index (κ2) is 6.23. The lowest BCUT2D eigenvalue weighted by atomic mass is 10.1. The number of nitro benzene ring substituents is 1. The van der Waals surface area contributed by atoms with Crippen molar-refractivity contribution in [2.75, 3.05) is 4.90 Å². The zero-order chi connectivity index (χ0) is 17.3. The first-order valence-corrected chi connectivity index (χ1v) is 7.71. The highest BCUT2D eigenvalue weighted by Crippen LogP contribution is 2.34. The smallest absolute Gasteiger partial charge is 0.269 e. The molecule has 2 aromatic rings. The van der Waals surface area contributed by atoms with Crippen molar-refractivity contribution in [3.8, 4) is 0 Å². The number of anilines is 1. The van der Waals surface area contributed by atoms with Crippen LogP contribution in [0.4, 0.5) is 17.1 Å². The van der Waals surface area contributed by atoms with Crippen molar-refractivity contribution in [2.24, 2.45) is 4.99 Å². The number of para-hydroxylation sites is 2. The Labute approximate surface area is 139 Å². The molecule has 0 unspecified atom stereocenters. The average molecular weight is 323 g/mol. The molecule has 0 radical (unpaired) electrons. The zero-order valence-corrected chi connectivity index (χ0v) is 13.5. The van der Waals surface area contributed by atoms with Crippen LogP contribution in [0.15, 0.2) is 53.5 Å². The molecule has 3 rings (SSSR count). The van der Waals surface area contributed by atoms with Gasteiger partial charge in [-0.25, -0.2) is 0 Å². The number of hydrogen-bond acceptors (Lipinski definition) is 4. The molecular formula is C18H17N3O3. The largest absolute Gasteiger partial charge is 0.307 e. The Balaban J connectivity index is 2.06. The summed E-state index contributed by atoms with van der Waals surface area (Å²) in [6, 6.07) is 13.7. The lowest BCUT2D eigenvalue weighted by Gasteiger charge is -2.26. The van der Waals surface area contributed by atoms with Gasteiger partial charge in [-0.15, -0.1) is 0 Å². The predicted octanol–water partition coefficient (Wildman–Crippen LogP) is 3.86. The predicted molar refractivity (Wildman–Crippen MR) is 93.0 cm³/mol. The molecule has 1 aliphatic rings. The molecule has 2 aromatic carbocycles.